The molecule has 1 fully saturated rings. The molecule has 0 aliphatic carbocycles. The predicted molar refractivity (Wildman–Crippen MR) is 76.2 cm³/mol. The van der Waals surface area contributed by atoms with Gasteiger partial charge in [-0.1, -0.05) is 33.6 Å². The van der Waals surface area contributed by atoms with E-state index < -0.39 is 0 Å². The van der Waals surface area contributed by atoms with Crippen molar-refractivity contribution in [3.63, 3.8) is 0 Å². The highest BCUT2D eigenvalue weighted by Gasteiger charge is 2.22. The monoisotopic (exact) mass is 240 g/mol. The van der Waals surface area contributed by atoms with E-state index in [4.69, 9.17) is 5.73 Å². The summed E-state index contributed by atoms with van der Waals surface area (Å²) < 4.78 is 0. The van der Waals surface area contributed by atoms with E-state index in [9.17, 15) is 0 Å². The zero-order valence-corrected chi connectivity index (χ0v) is 12.1. The summed E-state index contributed by atoms with van der Waals surface area (Å²) in [5, 5.41) is 0. The van der Waals surface area contributed by atoms with Crippen molar-refractivity contribution in [3.8, 4) is 0 Å². The van der Waals surface area contributed by atoms with Crippen LogP contribution in [-0.4, -0.2) is 30.1 Å². The normalized spacial score (nSPS) is 24.2. The molecule has 0 spiro atoms. The van der Waals surface area contributed by atoms with Gasteiger partial charge in [0.2, 0.25) is 0 Å². The number of piperidine rings is 1. The number of hydrogen-bond acceptors (Lipinski definition) is 2. The molecule has 0 radical (unpaired) electrons. The smallest absolute Gasteiger partial charge is 0.00977 e. The summed E-state index contributed by atoms with van der Waals surface area (Å²) in [6.07, 6.45) is 9.17. The molecule has 2 unspecified atom stereocenters. The highest BCUT2D eigenvalue weighted by molar-refractivity contribution is 4.79. The molecule has 2 atom stereocenters. The second-order valence-corrected chi connectivity index (χ2v) is 6.15. The van der Waals surface area contributed by atoms with Gasteiger partial charge in [0.05, 0.1) is 0 Å². The number of rotatable bonds is 7. The van der Waals surface area contributed by atoms with Crippen LogP contribution in [0.1, 0.15) is 65.7 Å². The van der Waals surface area contributed by atoms with Gasteiger partial charge in [0.15, 0.2) is 0 Å². The molecule has 1 rings (SSSR count). The van der Waals surface area contributed by atoms with E-state index in [-0.39, 0.29) is 0 Å². The summed E-state index contributed by atoms with van der Waals surface area (Å²) in [6.45, 7) is 9.43. The third kappa shape index (κ3) is 5.87. The lowest BCUT2D eigenvalue weighted by Gasteiger charge is -2.37. The topological polar surface area (TPSA) is 29.3 Å². The van der Waals surface area contributed by atoms with E-state index in [1.165, 1.54) is 58.0 Å². The summed E-state index contributed by atoms with van der Waals surface area (Å²) in [6, 6.07) is 1.25. The highest BCUT2D eigenvalue weighted by Crippen LogP contribution is 2.23. The fourth-order valence-corrected chi connectivity index (χ4v) is 3.01. The maximum Gasteiger partial charge on any atom is 0.00977 e. The molecule has 0 aromatic heterocycles. The van der Waals surface area contributed by atoms with Gasteiger partial charge in [0, 0.05) is 12.1 Å². The van der Waals surface area contributed by atoms with Crippen LogP contribution in [0.4, 0.5) is 0 Å². The van der Waals surface area contributed by atoms with Crippen LogP contribution in [-0.2, 0) is 0 Å². The molecule has 2 nitrogen and oxygen atoms in total. The van der Waals surface area contributed by atoms with Crippen molar-refractivity contribution in [1.82, 2.24) is 4.90 Å². The molecule has 0 saturated carbocycles. The molecule has 102 valence electrons. The molecule has 1 aliphatic heterocycles. The van der Waals surface area contributed by atoms with Gasteiger partial charge in [-0.25, -0.2) is 0 Å². The zero-order chi connectivity index (χ0) is 12.7. The van der Waals surface area contributed by atoms with Crippen molar-refractivity contribution in [3.05, 3.63) is 0 Å². The molecular formula is C15H32N2. The maximum absolute atomic E-state index is 6.12. The van der Waals surface area contributed by atoms with Crippen LogP contribution in [0.15, 0.2) is 0 Å². The van der Waals surface area contributed by atoms with Gasteiger partial charge in [0.25, 0.3) is 0 Å². The summed E-state index contributed by atoms with van der Waals surface area (Å²) >= 11 is 0. The van der Waals surface area contributed by atoms with Gasteiger partial charge in [-0.15, -0.1) is 0 Å². The number of hydrogen-bond donors (Lipinski definition) is 1. The van der Waals surface area contributed by atoms with Crippen LogP contribution < -0.4 is 5.73 Å². The first-order valence-electron chi connectivity index (χ1n) is 7.63. The van der Waals surface area contributed by atoms with Gasteiger partial charge in [-0.05, 0) is 51.1 Å². The molecule has 2 heteroatoms. The number of nitrogens with two attached hydrogens (primary N) is 1. The number of nitrogens with zero attached hydrogens (tertiary/aromatic N) is 1. The second-order valence-electron chi connectivity index (χ2n) is 6.15. The third-order valence-corrected chi connectivity index (χ3v) is 3.94. The Bertz CT molecular complexity index is 191. The first-order valence-corrected chi connectivity index (χ1v) is 7.63. The molecule has 0 bridgehead atoms. The van der Waals surface area contributed by atoms with E-state index >= 15 is 0 Å². The van der Waals surface area contributed by atoms with Gasteiger partial charge in [0.1, 0.15) is 0 Å². The Morgan fingerprint density at radius 2 is 2.00 bits per heavy atom. The Hall–Kier alpha value is -0.0800. The Kier molecular flexibility index (Phi) is 7.14. The predicted octanol–water partition coefficient (Wildman–Crippen LogP) is 3.40. The Morgan fingerprint density at radius 1 is 1.24 bits per heavy atom. The molecule has 17 heavy (non-hydrogen) atoms. The van der Waals surface area contributed by atoms with Crippen molar-refractivity contribution in [1.29, 1.82) is 0 Å². The van der Waals surface area contributed by atoms with Crippen LogP contribution in [0, 0.1) is 5.92 Å². The van der Waals surface area contributed by atoms with Crippen molar-refractivity contribution in [2.75, 3.05) is 13.1 Å². The van der Waals surface area contributed by atoms with Gasteiger partial charge in [-0.2, -0.15) is 0 Å². The van der Waals surface area contributed by atoms with Gasteiger partial charge >= 0.3 is 0 Å². The Labute approximate surface area is 108 Å². The maximum atomic E-state index is 6.12. The minimum Gasteiger partial charge on any atom is -0.328 e. The van der Waals surface area contributed by atoms with Crippen molar-refractivity contribution in [2.45, 2.75) is 77.8 Å². The van der Waals surface area contributed by atoms with Crippen molar-refractivity contribution < 1.29 is 0 Å². The Balaban J connectivity index is 2.32. The van der Waals surface area contributed by atoms with Crippen LogP contribution in [0.2, 0.25) is 0 Å². The average molecular weight is 240 g/mol. The van der Waals surface area contributed by atoms with Gasteiger partial charge < -0.3 is 10.6 Å². The van der Waals surface area contributed by atoms with Crippen LogP contribution in [0.25, 0.3) is 0 Å². The molecular weight excluding hydrogens is 208 g/mol. The quantitative estimate of drug-likeness (QED) is 0.739. The van der Waals surface area contributed by atoms with E-state index in [1.807, 2.05) is 0 Å². The summed E-state index contributed by atoms with van der Waals surface area (Å²) in [4.78, 5) is 2.71. The van der Waals surface area contributed by atoms with Crippen LogP contribution >= 0.6 is 0 Å². The average Bonchev–Trinajstić information content (AvgIpc) is 2.27. The summed E-state index contributed by atoms with van der Waals surface area (Å²) in [7, 11) is 0. The fraction of sp³-hybridized carbons (Fsp3) is 1.00. The molecule has 0 amide bonds. The standard InChI is InChI=1S/C15H32N2/c1-4-7-14(16)9-11-17-10-6-5-8-15(17)12-13(2)3/h13-15H,4-12,16H2,1-3H3. The van der Waals surface area contributed by atoms with Crippen LogP contribution in [0.3, 0.4) is 0 Å². The zero-order valence-electron chi connectivity index (χ0n) is 12.1. The highest BCUT2D eigenvalue weighted by atomic mass is 15.2. The lowest BCUT2D eigenvalue weighted by atomic mass is 9.93. The van der Waals surface area contributed by atoms with E-state index in [0.29, 0.717) is 6.04 Å². The summed E-state index contributed by atoms with van der Waals surface area (Å²) in [5.74, 6) is 0.824. The lowest BCUT2D eigenvalue weighted by Crippen LogP contribution is -2.42. The molecule has 0 aromatic rings. The van der Waals surface area contributed by atoms with Crippen molar-refractivity contribution >= 4 is 0 Å². The first-order chi connectivity index (χ1) is 8.13. The fourth-order valence-electron chi connectivity index (χ4n) is 3.01. The molecule has 2 N–H and O–H groups in total. The van der Waals surface area contributed by atoms with Crippen molar-refractivity contribution in [2.24, 2.45) is 11.7 Å². The van der Waals surface area contributed by atoms with Crippen LogP contribution in [0.5, 0.6) is 0 Å². The molecule has 1 aliphatic rings. The second kappa shape index (κ2) is 8.10. The molecule has 1 heterocycles. The third-order valence-electron chi connectivity index (χ3n) is 3.94. The van der Waals surface area contributed by atoms with Gasteiger partial charge in [-0.3, -0.25) is 0 Å². The lowest BCUT2D eigenvalue weighted by molar-refractivity contribution is 0.125. The Morgan fingerprint density at radius 3 is 2.65 bits per heavy atom. The van der Waals surface area contributed by atoms with E-state index in [0.717, 1.165) is 12.0 Å². The largest absolute Gasteiger partial charge is 0.328 e. The number of likely N-dealkylation sites (tertiary alicyclic amines) is 1. The minimum absolute atomic E-state index is 0.418. The minimum atomic E-state index is 0.418. The molecule has 1 saturated heterocycles. The summed E-state index contributed by atoms with van der Waals surface area (Å²) in [5.41, 5.74) is 6.12. The SMILES string of the molecule is CCCC(N)CCN1CCCCC1CC(C)C. The molecule has 0 aromatic carbocycles. The first kappa shape index (κ1) is 15.0. The van der Waals surface area contributed by atoms with E-state index in [2.05, 4.69) is 25.7 Å². The van der Waals surface area contributed by atoms with E-state index in [1.54, 1.807) is 0 Å².